The van der Waals surface area contributed by atoms with Crippen LogP contribution in [0.1, 0.15) is 32.1 Å². The number of nitrogens with zero attached hydrogens (tertiary/aromatic N) is 1. The summed E-state index contributed by atoms with van der Waals surface area (Å²) in [7, 11) is 0. The molecule has 4 amide bonds. The molecule has 0 spiro atoms. The topological polar surface area (TPSA) is 95.6 Å². The number of hydrogen-bond acceptors (Lipinski definition) is 5. The summed E-state index contributed by atoms with van der Waals surface area (Å²) >= 11 is 0.971. The third-order valence-corrected chi connectivity index (χ3v) is 5.38. The fourth-order valence-electron chi connectivity index (χ4n) is 2.61. The predicted molar refractivity (Wildman–Crippen MR) is 80.0 cm³/mol. The Bertz CT molecular complexity index is 512. The van der Waals surface area contributed by atoms with E-state index in [9.17, 15) is 19.2 Å². The van der Waals surface area contributed by atoms with Crippen LogP contribution in [-0.2, 0) is 14.4 Å². The molecule has 0 aromatic heterocycles. The Hall–Kier alpha value is -1.57. The van der Waals surface area contributed by atoms with E-state index in [1.54, 1.807) is 0 Å². The second-order valence-corrected chi connectivity index (χ2v) is 6.97. The third-order valence-electron chi connectivity index (χ3n) is 4.52. The van der Waals surface area contributed by atoms with Gasteiger partial charge in [-0.15, -0.1) is 0 Å². The monoisotopic (exact) mass is 325 g/mol. The minimum Gasteiger partial charge on any atom is -0.353 e. The number of amides is 4. The van der Waals surface area contributed by atoms with Crippen molar-refractivity contribution in [2.24, 2.45) is 5.41 Å². The molecule has 2 N–H and O–H groups in total. The molecule has 0 unspecified atom stereocenters. The molecule has 0 aromatic rings. The maximum Gasteiger partial charge on any atom is 0.288 e. The van der Waals surface area contributed by atoms with Crippen LogP contribution in [0, 0.1) is 5.41 Å². The zero-order chi connectivity index (χ0) is 15.7. The van der Waals surface area contributed by atoms with Crippen molar-refractivity contribution in [3.63, 3.8) is 0 Å². The third kappa shape index (κ3) is 2.84. The Balaban J connectivity index is 1.46. The second kappa shape index (κ2) is 5.91. The van der Waals surface area contributed by atoms with Crippen molar-refractivity contribution in [3.8, 4) is 0 Å². The number of rotatable bonds is 6. The molecule has 8 heteroatoms. The fourth-order valence-corrected chi connectivity index (χ4v) is 3.36. The highest BCUT2D eigenvalue weighted by Gasteiger charge is 2.56. The van der Waals surface area contributed by atoms with Crippen molar-refractivity contribution >= 4 is 34.7 Å². The summed E-state index contributed by atoms with van der Waals surface area (Å²) in [6.07, 6.45) is 4.23. The average Bonchev–Trinajstić information content (AvgIpc) is 3.20. The van der Waals surface area contributed by atoms with Crippen molar-refractivity contribution in [2.75, 3.05) is 18.8 Å². The quantitative estimate of drug-likeness (QED) is 0.682. The summed E-state index contributed by atoms with van der Waals surface area (Å²) in [6.45, 7) is 0.353. The zero-order valence-electron chi connectivity index (χ0n) is 12.2. The van der Waals surface area contributed by atoms with Crippen LogP contribution in [0.5, 0.6) is 0 Å². The summed E-state index contributed by atoms with van der Waals surface area (Å²) in [5.74, 6) is -0.539. The fraction of sp³-hybridized carbons (Fsp3) is 0.714. The average molecular weight is 325 g/mol. The van der Waals surface area contributed by atoms with E-state index >= 15 is 0 Å². The molecule has 120 valence electrons. The lowest BCUT2D eigenvalue weighted by Gasteiger charge is -2.28. The number of carbonyl (C=O) groups excluding carboxylic acids is 4. The highest BCUT2D eigenvalue weighted by Crippen LogP contribution is 2.46. The van der Waals surface area contributed by atoms with E-state index in [2.05, 4.69) is 10.6 Å². The lowest BCUT2D eigenvalue weighted by molar-refractivity contribution is -0.138. The normalized spacial score (nSPS) is 23.2. The van der Waals surface area contributed by atoms with Gasteiger partial charge in [-0.3, -0.25) is 24.1 Å². The standard InChI is InChI=1S/C14H19N3O4S/c18-10-8-22-13(21)17(10)7-6-15-11(19)14(4-5-14)12(20)16-9-2-1-3-9/h9H,1-8H2,(H,15,19)(H,16,20). The first-order chi connectivity index (χ1) is 10.5. The second-order valence-electron chi connectivity index (χ2n) is 6.04. The van der Waals surface area contributed by atoms with E-state index in [1.807, 2.05) is 0 Å². The molecule has 3 rings (SSSR count). The molecule has 1 aliphatic heterocycles. The van der Waals surface area contributed by atoms with Crippen LogP contribution in [0.15, 0.2) is 0 Å². The molecule has 7 nitrogen and oxygen atoms in total. The molecular weight excluding hydrogens is 306 g/mol. The molecule has 1 heterocycles. The molecule has 0 aromatic carbocycles. The predicted octanol–water partition coefficient (Wildman–Crippen LogP) is 0.247. The van der Waals surface area contributed by atoms with Gasteiger partial charge in [0, 0.05) is 19.1 Å². The SMILES string of the molecule is O=C1CSC(=O)N1CCNC(=O)C1(C(=O)NC2CCC2)CC1. The first-order valence-electron chi connectivity index (χ1n) is 7.59. The number of imide groups is 1. The molecule has 2 saturated carbocycles. The maximum atomic E-state index is 12.2. The summed E-state index contributed by atoms with van der Waals surface area (Å²) < 4.78 is 0. The number of hydrogen-bond donors (Lipinski definition) is 2. The summed E-state index contributed by atoms with van der Waals surface area (Å²) in [5, 5.41) is 5.34. The van der Waals surface area contributed by atoms with Gasteiger partial charge in [-0.2, -0.15) is 0 Å². The van der Waals surface area contributed by atoms with Crippen molar-refractivity contribution < 1.29 is 19.2 Å². The van der Waals surface area contributed by atoms with Gasteiger partial charge in [0.15, 0.2) is 0 Å². The van der Waals surface area contributed by atoms with Crippen LogP contribution in [0.2, 0.25) is 0 Å². The molecule has 2 aliphatic carbocycles. The van der Waals surface area contributed by atoms with Gasteiger partial charge in [0.05, 0.1) is 5.75 Å². The molecule has 0 atom stereocenters. The van der Waals surface area contributed by atoms with E-state index in [0.29, 0.717) is 12.8 Å². The number of carbonyl (C=O) groups is 4. The minimum absolute atomic E-state index is 0.163. The van der Waals surface area contributed by atoms with Crippen molar-refractivity contribution in [1.82, 2.24) is 15.5 Å². The van der Waals surface area contributed by atoms with Gasteiger partial charge >= 0.3 is 0 Å². The zero-order valence-corrected chi connectivity index (χ0v) is 13.0. The molecule has 1 saturated heterocycles. The van der Waals surface area contributed by atoms with Gasteiger partial charge in [0.25, 0.3) is 5.24 Å². The summed E-state index contributed by atoms with van der Waals surface area (Å²) in [4.78, 5) is 48.4. The van der Waals surface area contributed by atoms with Gasteiger partial charge in [0.2, 0.25) is 17.7 Å². The van der Waals surface area contributed by atoms with Crippen molar-refractivity contribution in [3.05, 3.63) is 0 Å². The number of nitrogens with one attached hydrogen (secondary N) is 2. The van der Waals surface area contributed by atoms with E-state index < -0.39 is 5.41 Å². The maximum absolute atomic E-state index is 12.2. The highest BCUT2D eigenvalue weighted by atomic mass is 32.2. The molecule has 22 heavy (non-hydrogen) atoms. The van der Waals surface area contributed by atoms with Crippen molar-refractivity contribution in [2.45, 2.75) is 38.1 Å². The van der Waals surface area contributed by atoms with Gasteiger partial charge in [-0.1, -0.05) is 11.8 Å². The Morgan fingerprint density at radius 1 is 1.23 bits per heavy atom. The Morgan fingerprint density at radius 3 is 2.45 bits per heavy atom. The largest absolute Gasteiger partial charge is 0.353 e. The van der Waals surface area contributed by atoms with E-state index in [-0.39, 0.29) is 47.8 Å². The van der Waals surface area contributed by atoms with Crippen LogP contribution in [0.3, 0.4) is 0 Å². The smallest absolute Gasteiger partial charge is 0.288 e. The molecular formula is C14H19N3O4S. The van der Waals surface area contributed by atoms with Crippen LogP contribution in [0.4, 0.5) is 4.79 Å². The van der Waals surface area contributed by atoms with Gasteiger partial charge in [0.1, 0.15) is 5.41 Å². The number of thioether (sulfide) groups is 1. The first kappa shape index (κ1) is 15.3. The molecule has 0 bridgehead atoms. The van der Waals surface area contributed by atoms with Crippen LogP contribution < -0.4 is 10.6 Å². The molecule has 3 fully saturated rings. The highest BCUT2D eigenvalue weighted by molar-refractivity contribution is 8.14. The van der Waals surface area contributed by atoms with Gasteiger partial charge < -0.3 is 10.6 Å². The lowest BCUT2D eigenvalue weighted by atomic mass is 9.92. The van der Waals surface area contributed by atoms with Crippen LogP contribution in [-0.4, -0.2) is 52.7 Å². The summed E-state index contributed by atoms with van der Waals surface area (Å²) in [5.41, 5.74) is -0.927. The van der Waals surface area contributed by atoms with Crippen LogP contribution >= 0.6 is 11.8 Å². The van der Waals surface area contributed by atoms with E-state index in [1.165, 1.54) is 0 Å². The summed E-state index contributed by atoms with van der Waals surface area (Å²) in [6, 6.07) is 0.217. The van der Waals surface area contributed by atoms with E-state index in [4.69, 9.17) is 0 Å². The Labute approximate surface area is 132 Å². The van der Waals surface area contributed by atoms with Gasteiger partial charge in [-0.25, -0.2) is 0 Å². The Morgan fingerprint density at radius 2 is 1.95 bits per heavy atom. The van der Waals surface area contributed by atoms with Gasteiger partial charge in [-0.05, 0) is 32.1 Å². The molecule has 3 aliphatic rings. The Kier molecular flexibility index (Phi) is 4.12. The lowest BCUT2D eigenvalue weighted by Crippen LogP contribution is -2.49. The van der Waals surface area contributed by atoms with E-state index in [0.717, 1.165) is 35.9 Å². The van der Waals surface area contributed by atoms with Crippen LogP contribution in [0.25, 0.3) is 0 Å². The van der Waals surface area contributed by atoms with Crippen molar-refractivity contribution in [1.29, 1.82) is 0 Å². The minimum atomic E-state index is -0.927. The molecule has 0 radical (unpaired) electrons. The first-order valence-corrected chi connectivity index (χ1v) is 8.58.